The molecule has 1 heterocycles. The first-order valence-electron chi connectivity index (χ1n) is 9.40. The number of amides is 2. The summed E-state index contributed by atoms with van der Waals surface area (Å²) in [6.07, 6.45) is -8.31. The summed E-state index contributed by atoms with van der Waals surface area (Å²) in [5, 5.41) is 2.43. The summed E-state index contributed by atoms with van der Waals surface area (Å²) < 4.78 is 77.2. The number of carbonyl (C=O) groups is 2. The smallest absolute Gasteiger partial charge is 0.338 e. The summed E-state index contributed by atoms with van der Waals surface area (Å²) in [6, 6.07) is 8.21. The number of carbonyl (C=O) groups excluding carboxylic acids is 2. The number of likely N-dealkylation sites (tertiary alicyclic amines) is 1. The molecule has 4 nitrogen and oxygen atoms in total. The van der Waals surface area contributed by atoms with Crippen molar-refractivity contribution in [3.63, 3.8) is 0 Å². The molecule has 0 aliphatic carbocycles. The van der Waals surface area contributed by atoms with E-state index < -0.39 is 41.2 Å². The van der Waals surface area contributed by atoms with Crippen molar-refractivity contribution in [2.24, 2.45) is 5.92 Å². The Hall–Kier alpha value is -3.04. The summed E-state index contributed by atoms with van der Waals surface area (Å²) in [4.78, 5) is 26.5. The van der Waals surface area contributed by atoms with Gasteiger partial charge in [-0.2, -0.15) is 26.3 Å². The second kappa shape index (κ2) is 8.60. The van der Waals surface area contributed by atoms with Gasteiger partial charge in [-0.1, -0.05) is 12.1 Å². The number of anilines is 1. The standard InChI is InChI=1S/C21H18F6N2O2/c22-20(23,24)15-6-1-4-13(10-15)19(31)29-9-3-5-14(12-29)18(30)28-17-8-2-7-16(11-17)21(25,26)27/h1-2,4,6-8,10-11,14H,3,5,9,12H2,(H,28,30)/t14-/m1/s1. The molecule has 1 aliphatic rings. The Labute approximate surface area is 173 Å². The average molecular weight is 444 g/mol. The lowest BCUT2D eigenvalue weighted by Crippen LogP contribution is -2.43. The van der Waals surface area contributed by atoms with Crippen LogP contribution in [0.15, 0.2) is 48.5 Å². The zero-order valence-corrected chi connectivity index (χ0v) is 16.1. The van der Waals surface area contributed by atoms with Gasteiger partial charge in [-0.25, -0.2) is 0 Å². The van der Waals surface area contributed by atoms with Crippen LogP contribution in [0.5, 0.6) is 0 Å². The minimum Gasteiger partial charge on any atom is -0.338 e. The Morgan fingerprint density at radius 1 is 0.903 bits per heavy atom. The highest BCUT2D eigenvalue weighted by Crippen LogP contribution is 2.32. The summed E-state index contributed by atoms with van der Waals surface area (Å²) >= 11 is 0. The van der Waals surface area contributed by atoms with Gasteiger partial charge in [0.05, 0.1) is 17.0 Å². The largest absolute Gasteiger partial charge is 0.416 e. The SMILES string of the molecule is O=C(Nc1cccc(C(F)(F)F)c1)[C@@H]1CCCN(C(=O)c2cccc(C(F)(F)F)c2)C1. The number of alkyl halides is 6. The number of benzene rings is 2. The molecule has 3 rings (SSSR count). The third-order valence-corrected chi connectivity index (χ3v) is 4.97. The van der Waals surface area contributed by atoms with Gasteiger partial charge in [0.25, 0.3) is 5.91 Å². The Balaban J connectivity index is 1.69. The number of rotatable bonds is 3. The van der Waals surface area contributed by atoms with E-state index in [1.165, 1.54) is 23.1 Å². The molecule has 166 valence electrons. The summed E-state index contributed by atoms with van der Waals surface area (Å²) in [6.45, 7) is 0.224. The molecule has 0 bridgehead atoms. The maximum atomic E-state index is 12.9. The van der Waals surface area contributed by atoms with Gasteiger partial charge in [-0.05, 0) is 49.2 Å². The Morgan fingerprint density at radius 2 is 1.52 bits per heavy atom. The van der Waals surface area contributed by atoms with Crippen LogP contribution >= 0.6 is 0 Å². The molecule has 2 aromatic carbocycles. The van der Waals surface area contributed by atoms with Crippen molar-refractivity contribution in [2.45, 2.75) is 25.2 Å². The second-order valence-corrected chi connectivity index (χ2v) is 7.24. The van der Waals surface area contributed by atoms with Crippen LogP contribution in [0.25, 0.3) is 0 Å². The average Bonchev–Trinajstić information content (AvgIpc) is 2.72. The predicted octanol–water partition coefficient (Wildman–Crippen LogP) is 5.22. The number of nitrogens with one attached hydrogen (secondary N) is 1. The molecule has 0 spiro atoms. The van der Waals surface area contributed by atoms with Gasteiger partial charge in [0.2, 0.25) is 5.91 Å². The highest BCUT2D eigenvalue weighted by Gasteiger charge is 2.33. The van der Waals surface area contributed by atoms with Crippen molar-refractivity contribution in [2.75, 3.05) is 18.4 Å². The fourth-order valence-corrected chi connectivity index (χ4v) is 3.40. The van der Waals surface area contributed by atoms with Crippen LogP contribution in [0.2, 0.25) is 0 Å². The van der Waals surface area contributed by atoms with E-state index in [9.17, 15) is 35.9 Å². The molecule has 2 amide bonds. The minimum absolute atomic E-state index is 0.0267. The number of hydrogen-bond donors (Lipinski definition) is 1. The number of halogens is 6. The highest BCUT2D eigenvalue weighted by molar-refractivity contribution is 5.96. The van der Waals surface area contributed by atoms with Crippen LogP contribution in [-0.4, -0.2) is 29.8 Å². The Morgan fingerprint density at radius 3 is 2.16 bits per heavy atom. The lowest BCUT2D eigenvalue weighted by Gasteiger charge is -2.32. The molecular formula is C21H18F6N2O2. The van der Waals surface area contributed by atoms with Crippen LogP contribution in [0.1, 0.15) is 34.3 Å². The first kappa shape index (κ1) is 22.6. The number of piperidine rings is 1. The van der Waals surface area contributed by atoms with Gasteiger partial charge >= 0.3 is 12.4 Å². The molecule has 1 saturated heterocycles. The molecule has 0 saturated carbocycles. The van der Waals surface area contributed by atoms with Gasteiger partial charge < -0.3 is 10.2 Å². The highest BCUT2D eigenvalue weighted by atomic mass is 19.4. The van der Waals surface area contributed by atoms with E-state index >= 15 is 0 Å². The maximum absolute atomic E-state index is 12.9. The molecule has 1 aliphatic heterocycles. The van der Waals surface area contributed by atoms with Gasteiger partial charge in [0.15, 0.2) is 0 Å². The fourth-order valence-electron chi connectivity index (χ4n) is 3.40. The van der Waals surface area contributed by atoms with Crippen molar-refractivity contribution in [1.29, 1.82) is 0 Å². The fraction of sp³-hybridized carbons (Fsp3) is 0.333. The van der Waals surface area contributed by atoms with E-state index in [2.05, 4.69) is 5.32 Å². The molecule has 2 aromatic rings. The molecule has 1 atom stereocenters. The predicted molar refractivity (Wildman–Crippen MR) is 100 cm³/mol. The van der Waals surface area contributed by atoms with Crippen molar-refractivity contribution in [3.8, 4) is 0 Å². The lowest BCUT2D eigenvalue weighted by molar-refractivity contribution is -0.138. The van der Waals surface area contributed by atoms with Crippen molar-refractivity contribution in [3.05, 3.63) is 65.2 Å². The van der Waals surface area contributed by atoms with Gasteiger partial charge in [-0.15, -0.1) is 0 Å². The quantitative estimate of drug-likeness (QED) is 0.661. The van der Waals surface area contributed by atoms with E-state index in [0.29, 0.717) is 12.8 Å². The van der Waals surface area contributed by atoms with E-state index in [4.69, 9.17) is 0 Å². The topological polar surface area (TPSA) is 49.4 Å². The second-order valence-electron chi connectivity index (χ2n) is 7.24. The minimum atomic E-state index is -4.59. The first-order valence-corrected chi connectivity index (χ1v) is 9.40. The lowest BCUT2D eigenvalue weighted by atomic mass is 9.96. The van der Waals surface area contributed by atoms with E-state index in [-0.39, 0.29) is 24.3 Å². The van der Waals surface area contributed by atoms with Gasteiger partial charge in [0.1, 0.15) is 0 Å². The third kappa shape index (κ3) is 5.56. The molecule has 31 heavy (non-hydrogen) atoms. The Bertz CT molecular complexity index is 971. The van der Waals surface area contributed by atoms with Crippen LogP contribution in [0, 0.1) is 5.92 Å². The molecule has 1 N–H and O–H groups in total. The zero-order valence-electron chi connectivity index (χ0n) is 16.1. The van der Waals surface area contributed by atoms with Crippen LogP contribution < -0.4 is 5.32 Å². The summed E-state index contributed by atoms with van der Waals surface area (Å²) in [5.41, 5.74) is -2.03. The Kier molecular flexibility index (Phi) is 6.28. The van der Waals surface area contributed by atoms with E-state index in [0.717, 1.165) is 30.3 Å². The first-order chi connectivity index (χ1) is 14.4. The van der Waals surface area contributed by atoms with Gasteiger partial charge in [0, 0.05) is 24.3 Å². The van der Waals surface area contributed by atoms with Crippen molar-refractivity contribution >= 4 is 17.5 Å². The van der Waals surface area contributed by atoms with Crippen LogP contribution in [0.3, 0.4) is 0 Å². The van der Waals surface area contributed by atoms with Gasteiger partial charge in [-0.3, -0.25) is 9.59 Å². The van der Waals surface area contributed by atoms with Crippen molar-refractivity contribution in [1.82, 2.24) is 4.90 Å². The molecule has 1 fully saturated rings. The molecular weight excluding hydrogens is 426 g/mol. The monoisotopic (exact) mass is 444 g/mol. The van der Waals surface area contributed by atoms with Crippen molar-refractivity contribution < 1.29 is 35.9 Å². The van der Waals surface area contributed by atoms with E-state index in [1.807, 2.05) is 0 Å². The summed E-state index contributed by atoms with van der Waals surface area (Å²) in [5.74, 6) is -1.89. The number of nitrogens with zero attached hydrogens (tertiary/aromatic N) is 1. The molecule has 0 unspecified atom stereocenters. The maximum Gasteiger partial charge on any atom is 0.416 e. The normalized spacial score (nSPS) is 17.4. The number of hydrogen-bond acceptors (Lipinski definition) is 2. The van der Waals surface area contributed by atoms with Crippen LogP contribution in [-0.2, 0) is 17.1 Å². The molecule has 10 heteroatoms. The summed E-state index contributed by atoms with van der Waals surface area (Å²) in [7, 11) is 0. The van der Waals surface area contributed by atoms with Crippen LogP contribution in [0.4, 0.5) is 32.0 Å². The molecule has 0 aromatic heterocycles. The third-order valence-electron chi connectivity index (χ3n) is 4.97. The van der Waals surface area contributed by atoms with E-state index in [1.54, 1.807) is 0 Å². The zero-order chi connectivity index (χ0) is 22.8. The molecule has 0 radical (unpaired) electrons.